The second-order valence-corrected chi connectivity index (χ2v) is 7.11. The molecule has 2 aromatic rings. The molecule has 0 aliphatic carbocycles. The van der Waals surface area contributed by atoms with Crippen molar-refractivity contribution in [2.45, 2.75) is 38.3 Å². The fourth-order valence-electron chi connectivity index (χ4n) is 3.01. The number of alkyl halides is 3. The average Bonchev–Trinajstić information content (AvgIpc) is 2.96. The second-order valence-electron chi connectivity index (χ2n) is 7.11. The molecule has 0 saturated carbocycles. The Bertz CT molecular complexity index is 912. The summed E-state index contributed by atoms with van der Waals surface area (Å²) in [4.78, 5) is 0. The van der Waals surface area contributed by atoms with Crippen LogP contribution >= 0.6 is 0 Å². The van der Waals surface area contributed by atoms with Crippen molar-refractivity contribution in [2.75, 3.05) is 0 Å². The lowest BCUT2D eigenvalue weighted by Gasteiger charge is -2.27. The Labute approximate surface area is 148 Å². The number of halogens is 3. The Balaban J connectivity index is 2.19. The molecular weight excluding hydrogens is 345 g/mol. The van der Waals surface area contributed by atoms with Crippen molar-refractivity contribution in [1.82, 2.24) is 10.2 Å². The van der Waals surface area contributed by atoms with Gasteiger partial charge in [0.25, 0.3) is 0 Å². The molecule has 26 heavy (non-hydrogen) atoms. The van der Waals surface area contributed by atoms with Crippen LogP contribution < -0.4 is 10.5 Å². The van der Waals surface area contributed by atoms with E-state index >= 15 is 0 Å². The summed E-state index contributed by atoms with van der Waals surface area (Å²) in [6.07, 6.45) is -4.43. The first-order chi connectivity index (χ1) is 12.0. The second kappa shape index (κ2) is 5.80. The molecule has 0 radical (unpaired) electrons. The van der Waals surface area contributed by atoms with Crippen LogP contribution in [0.4, 0.5) is 13.2 Å². The molecular formula is C18H17F3N4O. The minimum Gasteiger partial charge on any atom is -0.420 e. The molecule has 8 heteroatoms. The first-order valence-electron chi connectivity index (χ1n) is 7.87. The highest BCUT2D eigenvalue weighted by atomic mass is 19.4. The molecule has 136 valence electrons. The molecule has 3 N–H and O–H groups in total. The topological polar surface area (TPSA) is 87.7 Å². The lowest BCUT2D eigenvalue weighted by molar-refractivity contribution is -0.137. The summed E-state index contributed by atoms with van der Waals surface area (Å²) in [6.45, 7) is 5.87. The van der Waals surface area contributed by atoms with E-state index in [1.807, 2.05) is 26.8 Å². The van der Waals surface area contributed by atoms with Crippen molar-refractivity contribution < 1.29 is 17.9 Å². The predicted molar refractivity (Wildman–Crippen MR) is 88.0 cm³/mol. The zero-order valence-electron chi connectivity index (χ0n) is 14.4. The highest BCUT2D eigenvalue weighted by Gasteiger charge is 2.38. The summed E-state index contributed by atoms with van der Waals surface area (Å²) < 4.78 is 44.0. The number of nitrogens with two attached hydrogens (primary N) is 1. The average molecular weight is 362 g/mol. The van der Waals surface area contributed by atoms with Crippen LogP contribution in [0.25, 0.3) is 0 Å². The molecule has 0 unspecified atom stereocenters. The number of hydrogen-bond acceptors (Lipinski definition) is 4. The third kappa shape index (κ3) is 2.90. The maximum atomic E-state index is 12.9. The molecule has 3 rings (SSSR count). The number of ether oxygens (including phenoxy) is 1. The van der Waals surface area contributed by atoms with Crippen molar-refractivity contribution in [2.24, 2.45) is 5.73 Å². The number of aromatic amines is 1. The molecule has 1 aromatic heterocycles. The zero-order valence-corrected chi connectivity index (χ0v) is 14.4. The number of aromatic nitrogens is 2. The molecule has 2 heterocycles. The van der Waals surface area contributed by atoms with E-state index in [4.69, 9.17) is 10.5 Å². The van der Waals surface area contributed by atoms with Crippen molar-refractivity contribution in [3.05, 3.63) is 58.1 Å². The van der Waals surface area contributed by atoms with E-state index in [-0.39, 0.29) is 22.8 Å². The Hall–Kier alpha value is -2.95. The number of nitriles is 1. The summed E-state index contributed by atoms with van der Waals surface area (Å²) in [5, 5.41) is 16.6. The smallest absolute Gasteiger partial charge is 0.416 e. The van der Waals surface area contributed by atoms with Gasteiger partial charge in [-0.3, -0.25) is 5.10 Å². The third-order valence-corrected chi connectivity index (χ3v) is 4.26. The normalized spacial score (nSPS) is 17.5. The quantitative estimate of drug-likeness (QED) is 0.804. The van der Waals surface area contributed by atoms with E-state index in [2.05, 4.69) is 10.2 Å². The standard InChI is InChI=1S/C18H17F3N4O/c1-17(2,3)14-13-12(9-4-6-10(7-5-9)18(19,20)21)11(8-22)15(23)26-16(13)25-24-14/h4-7,12H,23H2,1-3H3,(H,24,25)/t12-/m0/s1. The van der Waals surface area contributed by atoms with Crippen LogP contribution in [-0.2, 0) is 11.6 Å². The van der Waals surface area contributed by atoms with Gasteiger partial charge in [0.05, 0.1) is 17.0 Å². The van der Waals surface area contributed by atoms with Gasteiger partial charge in [0.15, 0.2) is 0 Å². The zero-order chi connectivity index (χ0) is 19.3. The Morgan fingerprint density at radius 1 is 1.19 bits per heavy atom. The number of rotatable bonds is 1. The van der Waals surface area contributed by atoms with E-state index in [9.17, 15) is 18.4 Å². The maximum Gasteiger partial charge on any atom is 0.416 e. The van der Waals surface area contributed by atoms with E-state index in [0.29, 0.717) is 11.1 Å². The monoisotopic (exact) mass is 362 g/mol. The van der Waals surface area contributed by atoms with Crippen molar-refractivity contribution >= 4 is 0 Å². The van der Waals surface area contributed by atoms with E-state index in [0.717, 1.165) is 17.8 Å². The number of allylic oxidation sites excluding steroid dienone is 1. The molecule has 1 aliphatic heterocycles. The number of fused-ring (bicyclic) bond motifs is 1. The molecule has 0 amide bonds. The molecule has 5 nitrogen and oxygen atoms in total. The van der Waals surface area contributed by atoms with Gasteiger partial charge in [-0.15, -0.1) is 5.10 Å². The van der Waals surface area contributed by atoms with Crippen LogP contribution in [0, 0.1) is 11.3 Å². The number of benzene rings is 1. The van der Waals surface area contributed by atoms with Crippen LogP contribution in [0.3, 0.4) is 0 Å². The van der Waals surface area contributed by atoms with Crippen molar-refractivity contribution in [3.63, 3.8) is 0 Å². The minimum atomic E-state index is -4.43. The van der Waals surface area contributed by atoms with Crippen LogP contribution in [0.1, 0.15) is 49.1 Å². The first kappa shape index (κ1) is 17.9. The number of nitrogens with zero attached hydrogens (tertiary/aromatic N) is 2. The van der Waals surface area contributed by atoms with Crippen LogP contribution in [0.2, 0.25) is 0 Å². The van der Waals surface area contributed by atoms with Gasteiger partial charge in [0.1, 0.15) is 11.6 Å². The largest absolute Gasteiger partial charge is 0.420 e. The van der Waals surface area contributed by atoms with Gasteiger partial charge in [-0.1, -0.05) is 32.9 Å². The summed E-state index contributed by atoms with van der Waals surface area (Å²) in [7, 11) is 0. The Kier molecular flexibility index (Phi) is 3.98. The predicted octanol–water partition coefficient (Wildman–Crippen LogP) is 3.94. The van der Waals surface area contributed by atoms with Crippen LogP contribution in [0.15, 0.2) is 35.7 Å². The van der Waals surface area contributed by atoms with E-state index in [1.54, 1.807) is 0 Å². The summed E-state index contributed by atoms with van der Waals surface area (Å²) in [5.74, 6) is -0.521. The number of nitrogens with one attached hydrogen (secondary N) is 1. The number of H-pyrrole nitrogens is 1. The molecule has 0 spiro atoms. The highest BCUT2D eigenvalue weighted by Crippen LogP contribution is 2.45. The van der Waals surface area contributed by atoms with Gasteiger partial charge in [0.2, 0.25) is 11.8 Å². The Morgan fingerprint density at radius 2 is 1.81 bits per heavy atom. The molecule has 0 fully saturated rings. The van der Waals surface area contributed by atoms with E-state index in [1.165, 1.54) is 12.1 Å². The lowest BCUT2D eigenvalue weighted by Crippen LogP contribution is -2.24. The summed E-state index contributed by atoms with van der Waals surface area (Å²) >= 11 is 0. The highest BCUT2D eigenvalue weighted by molar-refractivity contribution is 5.56. The van der Waals surface area contributed by atoms with Gasteiger partial charge in [-0.25, -0.2) is 0 Å². The van der Waals surface area contributed by atoms with Gasteiger partial charge < -0.3 is 10.5 Å². The summed E-state index contributed by atoms with van der Waals surface area (Å²) in [5.41, 5.74) is 6.75. The van der Waals surface area contributed by atoms with Gasteiger partial charge in [-0.2, -0.15) is 18.4 Å². The van der Waals surface area contributed by atoms with E-state index < -0.39 is 17.7 Å². The molecule has 0 bridgehead atoms. The third-order valence-electron chi connectivity index (χ3n) is 4.26. The number of hydrogen-bond donors (Lipinski definition) is 2. The van der Waals surface area contributed by atoms with Crippen molar-refractivity contribution in [1.29, 1.82) is 5.26 Å². The van der Waals surface area contributed by atoms with Crippen LogP contribution in [-0.4, -0.2) is 10.2 Å². The molecule has 1 atom stereocenters. The van der Waals surface area contributed by atoms with Gasteiger partial charge >= 0.3 is 6.18 Å². The fraction of sp³-hybridized carbons (Fsp3) is 0.333. The minimum absolute atomic E-state index is 0.100. The lowest BCUT2D eigenvalue weighted by atomic mass is 9.78. The summed E-state index contributed by atoms with van der Waals surface area (Å²) in [6, 6.07) is 6.71. The van der Waals surface area contributed by atoms with Gasteiger partial charge in [-0.05, 0) is 17.7 Å². The fourth-order valence-corrected chi connectivity index (χ4v) is 3.01. The SMILES string of the molecule is CC(C)(C)c1[nH]nc2c1[C@@H](c1ccc(C(F)(F)F)cc1)C(C#N)=C(N)O2. The molecule has 0 saturated heterocycles. The van der Waals surface area contributed by atoms with Gasteiger partial charge in [0, 0.05) is 11.1 Å². The molecule has 1 aliphatic rings. The van der Waals surface area contributed by atoms with Crippen LogP contribution in [0.5, 0.6) is 5.88 Å². The Morgan fingerprint density at radius 3 is 2.31 bits per heavy atom. The molecule has 1 aromatic carbocycles. The maximum absolute atomic E-state index is 12.9. The first-order valence-corrected chi connectivity index (χ1v) is 7.87. The van der Waals surface area contributed by atoms with Crippen molar-refractivity contribution in [3.8, 4) is 11.9 Å².